The van der Waals surface area contributed by atoms with E-state index in [1.54, 1.807) is 11.8 Å². The van der Waals surface area contributed by atoms with E-state index in [1.807, 2.05) is 0 Å². The molecule has 2 unspecified atom stereocenters. The smallest absolute Gasteiger partial charge is 0.321 e. The lowest BCUT2D eigenvalue weighted by Crippen LogP contribution is -2.58. The van der Waals surface area contributed by atoms with Crippen LogP contribution in [0.25, 0.3) is 0 Å². The quantitative estimate of drug-likeness (QED) is 0.527. The molecule has 0 radical (unpaired) electrons. The molecular formula is C6H8N2O2S. The first-order valence-corrected chi connectivity index (χ1v) is 4.55. The minimum Gasteiger partial charge on any atom is -0.333 e. The standard InChI is InChI=1S/C6H8N2O2S/c9-5-4-3(1-2-11-4)7-6(10)8-5/h3-4H,1-2H2,(H2,7,8,9,10). The third-order valence-electron chi connectivity index (χ3n) is 1.90. The Hall–Kier alpha value is -0.710. The number of hydrogen-bond donors (Lipinski definition) is 2. The van der Waals surface area contributed by atoms with Gasteiger partial charge in [-0.15, -0.1) is 11.8 Å². The Morgan fingerprint density at radius 1 is 1.45 bits per heavy atom. The molecule has 2 atom stereocenters. The molecule has 2 fully saturated rings. The molecule has 0 saturated carbocycles. The van der Waals surface area contributed by atoms with Gasteiger partial charge in [0.1, 0.15) is 5.25 Å². The average molecular weight is 172 g/mol. The SMILES string of the molecule is O=C1NC(=O)C2SCCC2N1. The molecular weight excluding hydrogens is 164 g/mol. The van der Waals surface area contributed by atoms with E-state index in [9.17, 15) is 9.59 Å². The summed E-state index contributed by atoms with van der Waals surface area (Å²) in [6, 6.07) is -0.278. The van der Waals surface area contributed by atoms with Gasteiger partial charge in [0.2, 0.25) is 5.91 Å². The molecule has 0 aliphatic carbocycles. The van der Waals surface area contributed by atoms with Crippen molar-refractivity contribution in [3.8, 4) is 0 Å². The highest BCUT2D eigenvalue weighted by molar-refractivity contribution is 8.00. The van der Waals surface area contributed by atoms with E-state index in [2.05, 4.69) is 10.6 Å². The number of hydrogen-bond acceptors (Lipinski definition) is 3. The molecule has 2 saturated heterocycles. The molecule has 4 nitrogen and oxygen atoms in total. The second kappa shape index (κ2) is 2.41. The molecule has 0 bridgehead atoms. The van der Waals surface area contributed by atoms with Crippen molar-refractivity contribution < 1.29 is 9.59 Å². The van der Waals surface area contributed by atoms with Crippen LogP contribution in [0.1, 0.15) is 6.42 Å². The van der Waals surface area contributed by atoms with E-state index in [0.29, 0.717) is 0 Å². The maximum Gasteiger partial charge on any atom is 0.321 e. The van der Waals surface area contributed by atoms with Crippen molar-refractivity contribution in [2.24, 2.45) is 0 Å². The van der Waals surface area contributed by atoms with Gasteiger partial charge < -0.3 is 5.32 Å². The van der Waals surface area contributed by atoms with Crippen LogP contribution in [0.15, 0.2) is 0 Å². The van der Waals surface area contributed by atoms with E-state index >= 15 is 0 Å². The van der Waals surface area contributed by atoms with Crippen molar-refractivity contribution in [3.63, 3.8) is 0 Å². The summed E-state index contributed by atoms with van der Waals surface area (Å²) in [6.45, 7) is 0. The molecule has 2 heterocycles. The summed E-state index contributed by atoms with van der Waals surface area (Å²) >= 11 is 1.61. The van der Waals surface area contributed by atoms with Gasteiger partial charge in [-0.1, -0.05) is 0 Å². The number of carbonyl (C=O) groups excluding carboxylic acids is 2. The zero-order valence-electron chi connectivity index (χ0n) is 5.79. The third kappa shape index (κ3) is 1.09. The molecule has 60 valence electrons. The summed E-state index contributed by atoms with van der Waals surface area (Å²) in [5.74, 6) is 0.824. The highest BCUT2D eigenvalue weighted by Gasteiger charge is 2.39. The number of carbonyl (C=O) groups is 2. The summed E-state index contributed by atoms with van der Waals surface area (Å²) in [4.78, 5) is 21.9. The Morgan fingerprint density at radius 3 is 3.09 bits per heavy atom. The lowest BCUT2D eigenvalue weighted by Gasteiger charge is -2.24. The van der Waals surface area contributed by atoms with E-state index in [4.69, 9.17) is 0 Å². The molecule has 0 aromatic heterocycles. The number of thioether (sulfide) groups is 1. The van der Waals surface area contributed by atoms with Crippen LogP contribution in [-0.2, 0) is 4.79 Å². The Morgan fingerprint density at radius 2 is 2.27 bits per heavy atom. The van der Waals surface area contributed by atoms with Crippen LogP contribution in [0.4, 0.5) is 4.79 Å². The van der Waals surface area contributed by atoms with Crippen LogP contribution in [0.5, 0.6) is 0 Å². The third-order valence-corrected chi connectivity index (χ3v) is 3.28. The molecule has 5 heteroatoms. The average Bonchev–Trinajstić information content (AvgIpc) is 2.34. The molecule has 2 rings (SSSR count). The van der Waals surface area contributed by atoms with E-state index in [-0.39, 0.29) is 23.2 Å². The fourth-order valence-electron chi connectivity index (χ4n) is 1.38. The van der Waals surface area contributed by atoms with Crippen molar-refractivity contribution in [2.75, 3.05) is 5.75 Å². The van der Waals surface area contributed by atoms with Gasteiger partial charge in [0, 0.05) is 0 Å². The Kier molecular flexibility index (Phi) is 1.52. The monoisotopic (exact) mass is 172 g/mol. The van der Waals surface area contributed by atoms with Crippen LogP contribution >= 0.6 is 11.8 Å². The highest BCUT2D eigenvalue weighted by Crippen LogP contribution is 2.28. The number of nitrogens with one attached hydrogen (secondary N) is 2. The van der Waals surface area contributed by atoms with Crippen molar-refractivity contribution >= 4 is 23.7 Å². The van der Waals surface area contributed by atoms with E-state index in [0.717, 1.165) is 12.2 Å². The summed E-state index contributed by atoms with van der Waals surface area (Å²) < 4.78 is 0. The minimum atomic E-state index is -0.348. The van der Waals surface area contributed by atoms with Gasteiger partial charge in [-0.2, -0.15) is 0 Å². The van der Waals surface area contributed by atoms with E-state index in [1.165, 1.54) is 0 Å². The molecule has 2 aliphatic heterocycles. The van der Waals surface area contributed by atoms with Crippen LogP contribution in [0.3, 0.4) is 0 Å². The van der Waals surface area contributed by atoms with Crippen LogP contribution in [0, 0.1) is 0 Å². The van der Waals surface area contributed by atoms with Gasteiger partial charge >= 0.3 is 6.03 Å². The Bertz CT molecular complexity index is 219. The number of amides is 3. The summed E-state index contributed by atoms with van der Waals surface area (Å²) in [5.41, 5.74) is 0. The molecule has 2 aliphatic rings. The second-order valence-electron chi connectivity index (χ2n) is 2.65. The first-order valence-electron chi connectivity index (χ1n) is 3.50. The molecule has 0 spiro atoms. The van der Waals surface area contributed by atoms with E-state index < -0.39 is 0 Å². The number of rotatable bonds is 0. The van der Waals surface area contributed by atoms with Gasteiger partial charge in [-0.25, -0.2) is 4.79 Å². The fourth-order valence-corrected chi connectivity index (χ4v) is 2.67. The predicted octanol–water partition coefficient (Wildman–Crippen LogP) is -0.300. The van der Waals surface area contributed by atoms with Crippen molar-refractivity contribution in [1.29, 1.82) is 0 Å². The lowest BCUT2D eigenvalue weighted by molar-refractivity contribution is -0.120. The van der Waals surface area contributed by atoms with Gasteiger partial charge in [0.05, 0.1) is 6.04 Å². The molecule has 11 heavy (non-hydrogen) atoms. The number of urea groups is 1. The number of imide groups is 1. The second-order valence-corrected chi connectivity index (χ2v) is 3.90. The largest absolute Gasteiger partial charge is 0.333 e. The van der Waals surface area contributed by atoms with Gasteiger partial charge in [0.15, 0.2) is 0 Å². The fraction of sp³-hybridized carbons (Fsp3) is 0.667. The Balaban J connectivity index is 2.16. The van der Waals surface area contributed by atoms with Crippen molar-refractivity contribution in [2.45, 2.75) is 17.7 Å². The van der Waals surface area contributed by atoms with Gasteiger partial charge in [-0.05, 0) is 12.2 Å². The van der Waals surface area contributed by atoms with Gasteiger partial charge in [0.25, 0.3) is 0 Å². The van der Waals surface area contributed by atoms with Crippen molar-refractivity contribution in [1.82, 2.24) is 10.6 Å². The summed E-state index contributed by atoms with van der Waals surface area (Å²) in [5, 5.41) is 4.91. The maximum absolute atomic E-state index is 11.1. The van der Waals surface area contributed by atoms with Crippen LogP contribution < -0.4 is 10.6 Å². The van der Waals surface area contributed by atoms with Gasteiger partial charge in [-0.3, -0.25) is 10.1 Å². The van der Waals surface area contributed by atoms with Crippen LogP contribution in [0.2, 0.25) is 0 Å². The van der Waals surface area contributed by atoms with Crippen molar-refractivity contribution in [3.05, 3.63) is 0 Å². The summed E-state index contributed by atoms with van der Waals surface area (Å²) in [6.07, 6.45) is 0.911. The zero-order valence-corrected chi connectivity index (χ0v) is 6.61. The minimum absolute atomic E-state index is 0.0484. The topological polar surface area (TPSA) is 58.2 Å². The zero-order chi connectivity index (χ0) is 7.84. The molecule has 0 aromatic carbocycles. The number of fused-ring (bicyclic) bond motifs is 1. The molecule has 0 aromatic rings. The highest BCUT2D eigenvalue weighted by atomic mass is 32.2. The normalized spacial score (nSPS) is 36.0. The first kappa shape index (κ1) is 6.97. The maximum atomic E-state index is 11.1. The lowest BCUT2D eigenvalue weighted by atomic mass is 10.1. The first-order chi connectivity index (χ1) is 5.27. The predicted molar refractivity (Wildman–Crippen MR) is 41.3 cm³/mol. The van der Waals surface area contributed by atoms with Crippen LogP contribution in [-0.4, -0.2) is 29.0 Å². The molecule has 3 amide bonds. The Labute approximate surface area is 68.1 Å². The molecule has 2 N–H and O–H groups in total. The summed E-state index contributed by atoms with van der Waals surface area (Å²) in [7, 11) is 0.